The Hall–Kier alpha value is -3.42. The number of rotatable bonds is 10. The number of benzene rings is 2. The first-order chi connectivity index (χ1) is 18.7. The van der Waals surface area contributed by atoms with Crippen LogP contribution in [0.1, 0.15) is 54.4 Å². The van der Waals surface area contributed by atoms with Gasteiger partial charge in [0.1, 0.15) is 5.54 Å². The number of nitriles is 1. The van der Waals surface area contributed by atoms with Gasteiger partial charge in [0.25, 0.3) is 5.91 Å². The molecule has 2 aliphatic rings. The van der Waals surface area contributed by atoms with Crippen LogP contribution in [-0.4, -0.2) is 56.6 Å². The van der Waals surface area contributed by atoms with E-state index in [9.17, 15) is 23.3 Å². The Balaban J connectivity index is 1.55. The van der Waals surface area contributed by atoms with E-state index in [0.717, 1.165) is 43.9 Å². The van der Waals surface area contributed by atoms with Gasteiger partial charge in [0.15, 0.2) is 0 Å². The summed E-state index contributed by atoms with van der Waals surface area (Å²) in [7, 11) is -3.42. The molecule has 2 aromatic rings. The van der Waals surface area contributed by atoms with Crippen LogP contribution >= 0.6 is 0 Å². The normalized spacial score (nSPS) is 20.5. The van der Waals surface area contributed by atoms with Crippen molar-refractivity contribution in [2.45, 2.75) is 50.6 Å². The summed E-state index contributed by atoms with van der Waals surface area (Å²) in [5, 5.41) is 16.5. The van der Waals surface area contributed by atoms with Gasteiger partial charge in [-0.3, -0.25) is 14.3 Å². The molecule has 1 saturated heterocycles. The molecule has 10 heteroatoms. The van der Waals surface area contributed by atoms with Crippen molar-refractivity contribution >= 4 is 27.5 Å². The van der Waals surface area contributed by atoms with Gasteiger partial charge >= 0.3 is 0 Å². The van der Waals surface area contributed by atoms with E-state index in [1.54, 1.807) is 17.0 Å². The molecule has 0 spiro atoms. The van der Waals surface area contributed by atoms with Crippen LogP contribution in [0.25, 0.3) is 0 Å². The third-order valence-electron chi connectivity index (χ3n) is 7.78. The Labute approximate surface area is 231 Å². The van der Waals surface area contributed by atoms with Crippen LogP contribution in [0.5, 0.6) is 0 Å². The van der Waals surface area contributed by atoms with Crippen molar-refractivity contribution in [1.29, 1.82) is 5.26 Å². The van der Waals surface area contributed by atoms with Crippen LogP contribution < -0.4 is 15.4 Å². The van der Waals surface area contributed by atoms with E-state index in [2.05, 4.69) is 21.4 Å². The van der Waals surface area contributed by atoms with Crippen LogP contribution in [-0.2, 0) is 21.4 Å². The van der Waals surface area contributed by atoms with Crippen molar-refractivity contribution in [2.24, 2.45) is 11.8 Å². The smallest absolute Gasteiger partial charge is 0.251 e. The lowest BCUT2D eigenvalue weighted by atomic mass is 9.78. The standard InChI is InChI=1S/C29H37N5O4S/c1-39(37,38)33-25-14-12-24(13-15-25)27(35)32-18-26(23-10-6-3-7-11-23)28(36)34(19-22-8-4-2-5-9-22)29(20-30)16-17-31-21-29/h2,4-5,8-9,12-15,23,26,31,33H,3,6-7,10-11,16-19,21H2,1H3,(H,32,35). The molecule has 2 unspecified atom stereocenters. The van der Waals surface area contributed by atoms with Crippen LogP contribution in [0.2, 0.25) is 0 Å². The molecule has 1 heterocycles. The summed E-state index contributed by atoms with van der Waals surface area (Å²) in [6.07, 6.45) is 6.66. The van der Waals surface area contributed by atoms with E-state index >= 15 is 0 Å². The molecule has 0 bridgehead atoms. The molecule has 39 heavy (non-hydrogen) atoms. The van der Waals surface area contributed by atoms with Gasteiger partial charge in [0.05, 0.1) is 18.2 Å². The van der Waals surface area contributed by atoms with Gasteiger partial charge in [0, 0.05) is 30.9 Å². The first-order valence-corrected chi connectivity index (χ1v) is 15.4. The Morgan fingerprint density at radius 3 is 2.38 bits per heavy atom. The topological polar surface area (TPSA) is 131 Å². The molecule has 4 rings (SSSR count). The van der Waals surface area contributed by atoms with Crippen molar-refractivity contribution < 1.29 is 18.0 Å². The Bertz CT molecular complexity index is 1280. The average molecular weight is 552 g/mol. The van der Waals surface area contributed by atoms with Crippen LogP contribution in [0.4, 0.5) is 5.69 Å². The van der Waals surface area contributed by atoms with Gasteiger partial charge in [-0.05, 0) is 61.6 Å². The predicted molar refractivity (Wildman–Crippen MR) is 150 cm³/mol. The van der Waals surface area contributed by atoms with E-state index in [4.69, 9.17) is 0 Å². The molecular formula is C29H37N5O4S. The van der Waals surface area contributed by atoms with Crippen molar-refractivity contribution in [3.8, 4) is 6.07 Å². The largest absolute Gasteiger partial charge is 0.351 e. The Morgan fingerprint density at radius 2 is 1.79 bits per heavy atom. The molecule has 1 aliphatic heterocycles. The number of anilines is 1. The second-order valence-corrected chi connectivity index (χ2v) is 12.4. The molecular weight excluding hydrogens is 514 g/mol. The fourth-order valence-corrected chi connectivity index (χ4v) is 6.24. The van der Waals surface area contributed by atoms with Gasteiger partial charge in [-0.2, -0.15) is 5.26 Å². The number of hydrogen-bond acceptors (Lipinski definition) is 6. The van der Waals surface area contributed by atoms with Gasteiger partial charge in [-0.25, -0.2) is 8.42 Å². The molecule has 1 saturated carbocycles. The van der Waals surface area contributed by atoms with Crippen LogP contribution in [0, 0.1) is 23.2 Å². The van der Waals surface area contributed by atoms with E-state index in [1.165, 1.54) is 12.1 Å². The minimum Gasteiger partial charge on any atom is -0.351 e. The molecule has 2 aromatic carbocycles. The molecule has 2 atom stereocenters. The summed E-state index contributed by atoms with van der Waals surface area (Å²) in [4.78, 5) is 29.2. The molecule has 0 aromatic heterocycles. The second-order valence-electron chi connectivity index (χ2n) is 10.6. The molecule has 9 nitrogen and oxygen atoms in total. The number of amides is 2. The lowest BCUT2D eigenvalue weighted by molar-refractivity contribution is -0.142. The summed E-state index contributed by atoms with van der Waals surface area (Å²) in [6, 6.07) is 18.3. The van der Waals surface area contributed by atoms with E-state index < -0.39 is 21.5 Å². The van der Waals surface area contributed by atoms with Crippen molar-refractivity contribution in [2.75, 3.05) is 30.6 Å². The van der Waals surface area contributed by atoms with Gasteiger partial charge in [-0.15, -0.1) is 0 Å². The highest BCUT2D eigenvalue weighted by molar-refractivity contribution is 7.92. The van der Waals surface area contributed by atoms with E-state index in [-0.39, 0.29) is 24.3 Å². The molecule has 1 aliphatic carbocycles. The molecule has 3 N–H and O–H groups in total. The average Bonchev–Trinajstić information content (AvgIpc) is 3.42. The first kappa shape index (κ1) is 28.6. The summed E-state index contributed by atoms with van der Waals surface area (Å²) in [6.45, 7) is 1.59. The molecule has 2 fully saturated rings. The highest BCUT2D eigenvalue weighted by atomic mass is 32.2. The van der Waals surface area contributed by atoms with Crippen molar-refractivity contribution in [1.82, 2.24) is 15.5 Å². The zero-order valence-electron chi connectivity index (χ0n) is 22.4. The SMILES string of the molecule is CS(=O)(=O)Nc1ccc(C(=O)NCC(C(=O)N(Cc2ccccc2)C2(C#N)CCNC2)C2CCCCC2)cc1. The second kappa shape index (κ2) is 12.6. The van der Waals surface area contributed by atoms with E-state index in [0.29, 0.717) is 37.3 Å². The maximum atomic E-state index is 14.4. The molecule has 2 amide bonds. The highest BCUT2D eigenvalue weighted by Crippen LogP contribution is 2.34. The molecule has 0 radical (unpaired) electrons. The third-order valence-corrected chi connectivity index (χ3v) is 8.38. The maximum Gasteiger partial charge on any atom is 0.251 e. The number of sulfonamides is 1. The van der Waals surface area contributed by atoms with Crippen molar-refractivity contribution in [3.63, 3.8) is 0 Å². The predicted octanol–water partition coefficient (Wildman–Crippen LogP) is 3.27. The lowest BCUT2D eigenvalue weighted by Crippen LogP contribution is -2.56. The quantitative estimate of drug-likeness (QED) is 0.415. The van der Waals surface area contributed by atoms with Crippen LogP contribution in [0.15, 0.2) is 54.6 Å². The van der Waals surface area contributed by atoms with Gasteiger partial charge in [-0.1, -0.05) is 49.6 Å². The lowest BCUT2D eigenvalue weighted by Gasteiger charge is -2.40. The number of nitrogens with zero attached hydrogens (tertiary/aromatic N) is 2. The Morgan fingerprint density at radius 1 is 1.10 bits per heavy atom. The minimum absolute atomic E-state index is 0.0935. The summed E-state index contributed by atoms with van der Waals surface area (Å²) >= 11 is 0. The monoisotopic (exact) mass is 551 g/mol. The Kier molecular flexibility index (Phi) is 9.25. The zero-order chi connectivity index (χ0) is 27.9. The highest BCUT2D eigenvalue weighted by Gasteiger charge is 2.45. The van der Waals surface area contributed by atoms with Crippen LogP contribution in [0.3, 0.4) is 0 Å². The number of carbonyl (C=O) groups is 2. The number of hydrogen-bond donors (Lipinski definition) is 3. The van der Waals surface area contributed by atoms with E-state index in [1.807, 2.05) is 30.3 Å². The number of carbonyl (C=O) groups excluding carboxylic acids is 2. The third kappa shape index (κ3) is 7.37. The first-order valence-electron chi connectivity index (χ1n) is 13.5. The minimum atomic E-state index is -3.42. The zero-order valence-corrected chi connectivity index (χ0v) is 23.2. The van der Waals surface area contributed by atoms with Gasteiger partial charge in [0.2, 0.25) is 15.9 Å². The fourth-order valence-electron chi connectivity index (χ4n) is 5.67. The summed E-state index contributed by atoms with van der Waals surface area (Å²) in [5.41, 5.74) is 0.764. The van der Waals surface area contributed by atoms with Crippen molar-refractivity contribution in [3.05, 3.63) is 65.7 Å². The maximum absolute atomic E-state index is 14.4. The fraction of sp³-hybridized carbons (Fsp3) is 0.483. The summed E-state index contributed by atoms with van der Waals surface area (Å²) in [5.74, 6) is -0.753. The summed E-state index contributed by atoms with van der Waals surface area (Å²) < 4.78 is 25.3. The van der Waals surface area contributed by atoms with Gasteiger partial charge < -0.3 is 15.5 Å². The number of nitrogens with one attached hydrogen (secondary N) is 3. The molecule has 208 valence electrons.